The zero-order valence-corrected chi connectivity index (χ0v) is 21.5. The first-order valence-electron chi connectivity index (χ1n) is 11.6. The van der Waals surface area contributed by atoms with E-state index < -0.39 is 23.8 Å². The highest BCUT2D eigenvalue weighted by Crippen LogP contribution is 2.28. The van der Waals surface area contributed by atoms with Crippen LogP contribution in [-0.2, 0) is 14.3 Å². The number of carbonyl (C=O) groups is 3. The summed E-state index contributed by atoms with van der Waals surface area (Å²) in [5, 5.41) is 5.63. The summed E-state index contributed by atoms with van der Waals surface area (Å²) in [7, 11) is 0. The van der Waals surface area contributed by atoms with Crippen molar-refractivity contribution in [3.8, 4) is 0 Å². The monoisotopic (exact) mass is 467 g/mol. The van der Waals surface area contributed by atoms with Gasteiger partial charge in [-0.25, -0.2) is 4.79 Å². The highest BCUT2D eigenvalue weighted by atomic mass is 16.6. The topological polar surface area (TPSA) is 87.7 Å². The van der Waals surface area contributed by atoms with Crippen LogP contribution in [0, 0.1) is 20.8 Å². The number of nitrogens with zero attached hydrogens (tertiary/aromatic N) is 1. The minimum Gasteiger partial charge on any atom is -0.444 e. The van der Waals surface area contributed by atoms with Gasteiger partial charge in [0.25, 0.3) is 5.91 Å². The molecule has 7 heteroatoms. The Morgan fingerprint density at radius 2 is 1.50 bits per heavy atom. The Hall–Kier alpha value is -3.35. The molecule has 0 bridgehead atoms. The maximum atomic E-state index is 13.7. The largest absolute Gasteiger partial charge is 0.444 e. The zero-order chi connectivity index (χ0) is 25.6. The van der Waals surface area contributed by atoms with Crippen molar-refractivity contribution in [2.75, 3.05) is 11.9 Å². The highest BCUT2D eigenvalue weighted by Gasteiger charge is 2.34. The number of ether oxygens (including phenoxy) is 1. The van der Waals surface area contributed by atoms with Crippen LogP contribution >= 0.6 is 0 Å². The van der Waals surface area contributed by atoms with E-state index in [1.165, 1.54) is 4.90 Å². The summed E-state index contributed by atoms with van der Waals surface area (Å²) in [5.41, 5.74) is 3.53. The number of aryl methyl sites for hydroxylation is 3. The molecule has 34 heavy (non-hydrogen) atoms. The minimum absolute atomic E-state index is 0.276. The van der Waals surface area contributed by atoms with Crippen molar-refractivity contribution < 1.29 is 19.1 Å². The van der Waals surface area contributed by atoms with Crippen molar-refractivity contribution in [3.63, 3.8) is 0 Å². The molecular weight excluding hydrogens is 430 g/mol. The number of nitrogens with one attached hydrogen (secondary N) is 2. The number of para-hydroxylation sites is 1. The lowest BCUT2D eigenvalue weighted by atomic mass is 9.97. The smallest absolute Gasteiger partial charge is 0.408 e. The predicted molar refractivity (Wildman–Crippen MR) is 135 cm³/mol. The molecule has 2 unspecified atom stereocenters. The molecular formula is C27H37N3O4. The van der Waals surface area contributed by atoms with Gasteiger partial charge in [0, 0.05) is 12.2 Å². The Labute approximate surface area is 202 Å². The number of amides is 3. The highest BCUT2D eigenvalue weighted by molar-refractivity contribution is 6.00. The van der Waals surface area contributed by atoms with Crippen molar-refractivity contribution in [2.24, 2.45) is 0 Å². The van der Waals surface area contributed by atoms with E-state index in [9.17, 15) is 14.4 Å². The van der Waals surface area contributed by atoms with Crippen LogP contribution in [0.1, 0.15) is 62.9 Å². The summed E-state index contributed by atoms with van der Waals surface area (Å²) in [6.07, 6.45) is -0.683. The van der Waals surface area contributed by atoms with Gasteiger partial charge in [0.1, 0.15) is 17.7 Å². The van der Waals surface area contributed by atoms with Gasteiger partial charge in [-0.15, -0.1) is 0 Å². The summed E-state index contributed by atoms with van der Waals surface area (Å²) in [5.74, 6) is -0.690. The van der Waals surface area contributed by atoms with Crippen LogP contribution < -0.4 is 10.6 Å². The van der Waals surface area contributed by atoms with E-state index >= 15 is 0 Å². The quantitative estimate of drug-likeness (QED) is 0.596. The number of rotatable bonds is 7. The Morgan fingerprint density at radius 1 is 0.941 bits per heavy atom. The summed E-state index contributed by atoms with van der Waals surface area (Å²) < 4.78 is 5.29. The first-order valence-corrected chi connectivity index (χ1v) is 11.6. The second-order valence-corrected chi connectivity index (χ2v) is 9.51. The first-order chi connectivity index (χ1) is 15.9. The van der Waals surface area contributed by atoms with E-state index in [0.29, 0.717) is 0 Å². The number of hydrogen-bond donors (Lipinski definition) is 2. The number of anilines is 1. The Morgan fingerprint density at radius 3 is 2.03 bits per heavy atom. The van der Waals surface area contributed by atoms with Gasteiger partial charge in [-0.05, 0) is 77.6 Å². The molecule has 0 fully saturated rings. The third-order valence-electron chi connectivity index (χ3n) is 5.50. The van der Waals surface area contributed by atoms with E-state index in [0.717, 1.165) is 27.9 Å². The fraction of sp³-hybridized carbons (Fsp3) is 0.444. The van der Waals surface area contributed by atoms with Crippen LogP contribution in [0.2, 0.25) is 0 Å². The maximum Gasteiger partial charge on any atom is 0.408 e. The Balaban J connectivity index is 2.40. The number of carbonyl (C=O) groups excluding carboxylic acids is 3. The molecule has 7 nitrogen and oxygen atoms in total. The van der Waals surface area contributed by atoms with Crippen molar-refractivity contribution in [3.05, 3.63) is 64.7 Å². The second-order valence-electron chi connectivity index (χ2n) is 9.51. The lowest BCUT2D eigenvalue weighted by molar-refractivity contribution is -0.140. The van der Waals surface area contributed by atoms with Crippen LogP contribution in [0.3, 0.4) is 0 Å². The van der Waals surface area contributed by atoms with Gasteiger partial charge in [0.05, 0.1) is 0 Å². The fourth-order valence-corrected chi connectivity index (χ4v) is 3.81. The van der Waals surface area contributed by atoms with Crippen molar-refractivity contribution >= 4 is 23.6 Å². The minimum atomic E-state index is -0.880. The van der Waals surface area contributed by atoms with Gasteiger partial charge in [-0.1, -0.05) is 42.5 Å². The molecule has 0 aliphatic rings. The van der Waals surface area contributed by atoms with Crippen LogP contribution in [0.25, 0.3) is 0 Å². The molecule has 0 heterocycles. The van der Waals surface area contributed by atoms with Gasteiger partial charge in [-0.3, -0.25) is 9.59 Å². The van der Waals surface area contributed by atoms with Crippen molar-refractivity contribution in [1.82, 2.24) is 10.2 Å². The first kappa shape index (κ1) is 26.9. The molecule has 0 aliphatic carbocycles. The van der Waals surface area contributed by atoms with Crippen LogP contribution in [0.15, 0.2) is 42.5 Å². The third kappa shape index (κ3) is 6.83. The third-order valence-corrected chi connectivity index (χ3v) is 5.50. The molecule has 2 rings (SSSR count). The molecule has 0 aromatic heterocycles. The molecule has 0 saturated heterocycles. The van der Waals surface area contributed by atoms with Gasteiger partial charge in [-0.2, -0.15) is 0 Å². The van der Waals surface area contributed by atoms with E-state index in [-0.39, 0.29) is 18.4 Å². The lowest BCUT2D eigenvalue weighted by Gasteiger charge is -2.33. The van der Waals surface area contributed by atoms with E-state index in [2.05, 4.69) is 10.6 Å². The molecule has 0 spiro atoms. The average Bonchev–Trinajstić information content (AvgIpc) is 2.73. The van der Waals surface area contributed by atoms with E-state index in [4.69, 9.17) is 4.74 Å². The van der Waals surface area contributed by atoms with Crippen LogP contribution in [0.4, 0.5) is 10.5 Å². The molecule has 2 aromatic carbocycles. The Kier molecular flexibility index (Phi) is 8.85. The molecule has 0 saturated carbocycles. The predicted octanol–water partition coefficient (Wildman–Crippen LogP) is 5.05. The molecule has 2 atom stereocenters. The van der Waals surface area contributed by atoms with E-state index in [1.807, 2.05) is 70.2 Å². The number of hydrogen-bond acceptors (Lipinski definition) is 4. The molecule has 3 amide bonds. The maximum absolute atomic E-state index is 13.7. The van der Waals surface area contributed by atoms with E-state index in [1.54, 1.807) is 27.7 Å². The molecule has 2 N–H and O–H groups in total. The van der Waals surface area contributed by atoms with Crippen LogP contribution in [-0.4, -0.2) is 41.0 Å². The fourth-order valence-electron chi connectivity index (χ4n) is 3.81. The number of likely N-dealkylation sites (N-methyl/N-ethyl adjacent to an activating group) is 1. The zero-order valence-electron chi connectivity index (χ0n) is 21.5. The average molecular weight is 468 g/mol. The number of alkyl carbamates (subject to hydrolysis) is 1. The summed E-state index contributed by atoms with van der Waals surface area (Å²) in [6, 6.07) is 11.6. The molecule has 184 valence electrons. The summed E-state index contributed by atoms with van der Waals surface area (Å²) in [6.45, 7) is 14.7. The van der Waals surface area contributed by atoms with Gasteiger partial charge >= 0.3 is 6.09 Å². The van der Waals surface area contributed by atoms with Gasteiger partial charge < -0.3 is 20.3 Å². The van der Waals surface area contributed by atoms with Crippen LogP contribution in [0.5, 0.6) is 0 Å². The van der Waals surface area contributed by atoms with Crippen molar-refractivity contribution in [2.45, 2.75) is 73.1 Å². The normalized spacial score (nSPS) is 12.9. The standard InChI is InChI=1S/C27H37N3O4/c1-9-30(25(32)20(5)28-26(33)34-27(6,7)8)23(21-16-11-10-13-17(21)2)24(31)29-22-18(3)14-12-15-19(22)4/h10-16,20,23H,9H2,1-8H3,(H,28,33)(H,29,31). The molecule has 0 aliphatic heterocycles. The number of benzene rings is 2. The Bertz CT molecular complexity index is 1020. The molecule has 0 radical (unpaired) electrons. The summed E-state index contributed by atoms with van der Waals surface area (Å²) >= 11 is 0. The SMILES string of the molecule is CCN(C(=O)C(C)NC(=O)OC(C)(C)C)C(C(=O)Nc1c(C)cccc1C)c1ccccc1C. The van der Waals surface area contributed by atoms with Crippen molar-refractivity contribution in [1.29, 1.82) is 0 Å². The molecule has 2 aromatic rings. The summed E-state index contributed by atoms with van der Waals surface area (Å²) in [4.78, 5) is 40.9. The lowest BCUT2D eigenvalue weighted by Crippen LogP contribution is -2.51. The van der Waals surface area contributed by atoms with Gasteiger partial charge in [0.2, 0.25) is 5.91 Å². The van der Waals surface area contributed by atoms with Gasteiger partial charge in [0.15, 0.2) is 0 Å². The second kappa shape index (κ2) is 11.2.